The molecular weight excluding hydrogens is 420 g/mol. The molecule has 0 saturated heterocycles. The van der Waals surface area contributed by atoms with Gasteiger partial charge in [0.05, 0.1) is 11.8 Å². The minimum atomic E-state index is -0.743. The standard InChI is InChI=1S/C25H30N4O4/c1-15(2)32-22-12-9-16(14-20(22)26)25-28-24(29-33-25)19-7-5-6-18-17(19)10-11-21(18)27-13-4-3-8-23(30)31/h5-7,9,12,14-15,21,27H,3-4,8,10-11,13,26H2,1-2H3,(H,30,31)/t21-/m0/s1. The summed E-state index contributed by atoms with van der Waals surface area (Å²) in [5.41, 5.74) is 10.9. The maximum Gasteiger partial charge on any atom is 0.303 e. The molecule has 0 fully saturated rings. The molecule has 0 radical (unpaired) electrons. The van der Waals surface area contributed by atoms with E-state index in [0.717, 1.165) is 36.9 Å². The summed E-state index contributed by atoms with van der Waals surface area (Å²) < 4.78 is 11.3. The molecule has 8 heteroatoms. The van der Waals surface area contributed by atoms with E-state index in [4.69, 9.17) is 20.1 Å². The molecule has 0 unspecified atom stereocenters. The average Bonchev–Trinajstić information content (AvgIpc) is 3.42. The van der Waals surface area contributed by atoms with Crippen molar-refractivity contribution in [2.45, 2.75) is 58.1 Å². The highest BCUT2D eigenvalue weighted by Crippen LogP contribution is 2.37. The van der Waals surface area contributed by atoms with Gasteiger partial charge in [-0.15, -0.1) is 0 Å². The van der Waals surface area contributed by atoms with Crippen LogP contribution in [0.25, 0.3) is 22.8 Å². The monoisotopic (exact) mass is 450 g/mol. The van der Waals surface area contributed by atoms with Gasteiger partial charge in [0.1, 0.15) is 5.75 Å². The number of carboxylic acid groups (broad SMARTS) is 1. The number of hydrogen-bond donors (Lipinski definition) is 3. The van der Waals surface area contributed by atoms with Crippen molar-refractivity contribution in [2.75, 3.05) is 12.3 Å². The van der Waals surface area contributed by atoms with E-state index in [9.17, 15) is 4.79 Å². The van der Waals surface area contributed by atoms with E-state index in [2.05, 4.69) is 21.5 Å². The first-order valence-corrected chi connectivity index (χ1v) is 11.4. The molecule has 8 nitrogen and oxygen atoms in total. The molecule has 1 aliphatic carbocycles. The third-order valence-corrected chi connectivity index (χ3v) is 5.77. The van der Waals surface area contributed by atoms with Gasteiger partial charge in [-0.25, -0.2) is 0 Å². The zero-order chi connectivity index (χ0) is 23.4. The van der Waals surface area contributed by atoms with Crippen LogP contribution in [-0.2, 0) is 11.2 Å². The Morgan fingerprint density at radius 1 is 1.30 bits per heavy atom. The van der Waals surface area contributed by atoms with Crippen molar-refractivity contribution < 1.29 is 19.2 Å². The van der Waals surface area contributed by atoms with Crippen LogP contribution in [-0.4, -0.2) is 33.9 Å². The molecule has 1 atom stereocenters. The summed E-state index contributed by atoms with van der Waals surface area (Å²) in [5.74, 6) is 0.866. The first-order chi connectivity index (χ1) is 15.9. The molecule has 4 N–H and O–H groups in total. The zero-order valence-electron chi connectivity index (χ0n) is 19.0. The zero-order valence-corrected chi connectivity index (χ0v) is 19.0. The van der Waals surface area contributed by atoms with Gasteiger partial charge in [0.25, 0.3) is 5.89 Å². The van der Waals surface area contributed by atoms with Gasteiger partial charge >= 0.3 is 5.97 Å². The lowest BCUT2D eigenvalue weighted by Crippen LogP contribution is -2.20. The van der Waals surface area contributed by atoms with Crippen molar-refractivity contribution in [3.8, 4) is 28.6 Å². The predicted octanol–water partition coefficient (Wildman–Crippen LogP) is 4.60. The SMILES string of the molecule is CC(C)Oc1ccc(-c2nc(-c3cccc4c3CC[C@@H]4NCCCCC(=O)O)no2)cc1N. The minimum absolute atomic E-state index is 0.0383. The highest BCUT2D eigenvalue weighted by Gasteiger charge is 2.26. The van der Waals surface area contributed by atoms with Crippen LogP contribution in [0.3, 0.4) is 0 Å². The molecule has 0 spiro atoms. The third kappa shape index (κ3) is 5.34. The number of fused-ring (bicyclic) bond motifs is 1. The van der Waals surface area contributed by atoms with Crippen molar-refractivity contribution >= 4 is 11.7 Å². The molecule has 0 amide bonds. The topological polar surface area (TPSA) is 124 Å². The van der Waals surface area contributed by atoms with Gasteiger partial charge in [-0.05, 0) is 75.4 Å². The van der Waals surface area contributed by atoms with Crippen LogP contribution in [0.4, 0.5) is 5.69 Å². The molecule has 1 heterocycles. The van der Waals surface area contributed by atoms with Gasteiger partial charge in [0.15, 0.2) is 0 Å². The minimum Gasteiger partial charge on any atom is -0.489 e. The number of benzene rings is 2. The van der Waals surface area contributed by atoms with E-state index in [-0.39, 0.29) is 18.6 Å². The van der Waals surface area contributed by atoms with Gasteiger partial charge in [-0.1, -0.05) is 23.4 Å². The van der Waals surface area contributed by atoms with E-state index in [1.54, 1.807) is 6.07 Å². The van der Waals surface area contributed by atoms with E-state index in [1.165, 1.54) is 11.1 Å². The van der Waals surface area contributed by atoms with Crippen LogP contribution in [0.15, 0.2) is 40.9 Å². The van der Waals surface area contributed by atoms with Crippen LogP contribution in [0.1, 0.15) is 56.7 Å². The van der Waals surface area contributed by atoms with Gasteiger partial charge < -0.3 is 25.4 Å². The van der Waals surface area contributed by atoms with E-state index in [0.29, 0.717) is 29.6 Å². The average molecular weight is 451 g/mol. The lowest BCUT2D eigenvalue weighted by Gasteiger charge is -2.14. The Morgan fingerprint density at radius 2 is 2.15 bits per heavy atom. The van der Waals surface area contributed by atoms with E-state index < -0.39 is 5.97 Å². The number of nitrogens with two attached hydrogens (primary N) is 1. The number of unbranched alkanes of at least 4 members (excludes halogenated alkanes) is 1. The molecule has 0 saturated carbocycles. The van der Waals surface area contributed by atoms with Gasteiger partial charge in [0, 0.05) is 23.6 Å². The van der Waals surface area contributed by atoms with Crippen molar-refractivity contribution in [1.29, 1.82) is 0 Å². The number of rotatable bonds is 10. The molecule has 174 valence electrons. The fourth-order valence-corrected chi connectivity index (χ4v) is 4.25. The number of nitrogens with one attached hydrogen (secondary N) is 1. The van der Waals surface area contributed by atoms with Crippen molar-refractivity contribution in [1.82, 2.24) is 15.5 Å². The molecular formula is C25H30N4O4. The third-order valence-electron chi connectivity index (χ3n) is 5.77. The van der Waals surface area contributed by atoms with Crippen LogP contribution in [0.5, 0.6) is 5.75 Å². The van der Waals surface area contributed by atoms with E-state index >= 15 is 0 Å². The molecule has 0 bridgehead atoms. The summed E-state index contributed by atoms with van der Waals surface area (Å²) in [6, 6.07) is 11.9. The number of nitrogens with zero attached hydrogens (tertiary/aromatic N) is 2. The number of nitrogen functional groups attached to an aromatic ring is 1. The number of ether oxygens (including phenoxy) is 1. The second kappa shape index (κ2) is 10.0. The van der Waals surface area contributed by atoms with Crippen LogP contribution < -0.4 is 15.8 Å². The molecule has 1 aliphatic rings. The maximum absolute atomic E-state index is 10.7. The number of aromatic nitrogens is 2. The Labute approximate surface area is 193 Å². The van der Waals surface area contributed by atoms with Gasteiger partial charge in [-0.2, -0.15) is 4.98 Å². The number of hydrogen-bond acceptors (Lipinski definition) is 7. The van der Waals surface area contributed by atoms with Gasteiger partial charge in [-0.3, -0.25) is 4.79 Å². The number of anilines is 1. The summed E-state index contributed by atoms with van der Waals surface area (Å²) in [4.78, 5) is 15.3. The lowest BCUT2D eigenvalue weighted by atomic mass is 10.0. The van der Waals surface area contributed by atoms with Crippen LogP contribution in [0.2, 0.25) is 0 Å². The predicted molar refractivity (Wildman–Crippen MR) is 126 cm³/mol. The van der Waals surface area contributed by atoms with Crippen molar-refractivity contribution in [2.24, 2.45) is 0 Å². The molecule has 1 aromatic heterocycles. The highest BCUT2D eigenvalue weighted by atomic mass is 16.5. The van der Waals surface area contributed by atoms with Crippen LogP contribution >= 0.6 is 0 Å². The Bertz CT molecular complexity index is 1130. The number of carboxylic acids is 1. The second-order valence-corrected chi connectivity index (χ2v) is 8.61. The quantitative estimate of drug-likeness (QED) is 0.302. The molecule has 0 aliphatic heterocycles. The Kier molecular flexibility index (Phi) is 6.93. The lowest BCUT2D eigenvalue weighted by molar-refractivity contribution is -0.137. The number of aliphatic carboxylic acids is 1. The first-order valence-electron chi connectivity index (χ1n) is 11.4. The Hall–Kier alpha value is -3.39. The number of carbonyl (C=O) groups is 1. The van der Waals surface area contributed by atoms with Crippen LogP contribution in [0, 0.1) is 0 Å². The van der Waals surface area contributed by atoms with E-state index in [1.807, 2.05) is 38.1 Å². The van der Waals surface area contributed by atoms with Crippen molar-refractivity contribution in [3.05, 3.63) is 47.5 Å². The smallest absolute Gasteiger partial charge is 0.303 e. The summed E-state index contributed by atoms with van der Waals surface area (Å²) in [5, 5.41) is 16.6. The highest BCUT2D eigenvalue weighted by molar-refractivity contribution is 5.69. The normalized spacial score (nSPS) is 15.1. The molecule has 3 aromatic rings. The molecule has 33 heavy (non-hydrogen) atoms. The summed E-state index contributed by atoms with van der Waals surface area (Å²) >= 11 is 0. The summed E-state index contributed by atoms with van der Waals surface area (Å²) in [6.45, 7) is 4.71. The second-order valence-electron chi connectivity index (χ2n) is 8.61. The molecule has 4 rings (SSSR count). The summed E-state index contributed by atoms with van der Waals surface area (Å²) in [7, 11) is 0. The maximum atomic E-state index is 10.7. The fourth-order valence-electron chi connectivity index (χ4n) is 4.25. The Balaban J connectivity index is 1.48. The van der Waals surface area contributed by atoms with Gasteiger partial charge in [0.2, 0.25) is 5.82 Å². The largest absolute Gasteiger partial charge is 0.489 e. The first kappa shape index (κ1) is 22.8. The van der Waals surface area contributed by atoms with Crippen molar-refractivity contribution in [3.63, 3.8) is 0 Å². The molecule has 2 aromatic carbocycles. The summed E-state index contributed by atoms with van der Waals surface area (Å²) in [6.07, 6.45) is 3.70. The fraction of sp³-hybridized carbons (Fsp3) is 0.400. The Morgan fingerprint density at radius 3 is 2.91 bits per heavy atom.